The quantitative estimate of drug-likeness (QED) is 0.515. The van der Waals surface area contributed by atoms with E-state index in [0.29, 0.717) is 34.8 Å². The molecule has 8 nitrogen and oxygen atoms in total. The van der Waals surface area contributed by atoms with Crippen LogP contribution in [-0.4, -0.2) is 32.6 Å². The first kappa shape index (κ1) is 22.3. The molecule has 2 amide bonds. The SMILES string of the molecule is Cc1ccc(NC(=O)c2cccc(NC(=O)C3Cc4ccccc4O3)c2)cc1NS(C)(=O)=O. The number of rotatable bonds is 6. The Labute approximate surface area is 192 Å². The molecule has 3 aromatic carbocycles. The van der Waals surface area contributed by atoms with Gasteiger partial charge in [-0.15, -0.1) is 0 Å². The lowest BCUT2D eigenvalue weighted by atomic mass is 10.1. The molecule has 1 unspecified atom stereocenters. The molecule has 0 aromatic heterocycles. The number of aryl methyl sites for hydroxylation is 1. The van der Waals surface area contributed by atoms with E-state index in [4.69, 9.17) is 4.74 Å². The molecule has 3 N–H and O–H groups in total. The summed E-state index contributed by atoms with van der Waals surface area (Å²) in [5, 5.41) is 5.55. The summed E-state index contributed by atoms with van der Waals surface area (Å²) in [4.78, 5) is 25.4. The normalized spacial score (nSPS) is 14.7. The van der Waals surface area contributed by atoms with Crippen molar-refractivity contribution in [1.29, 1.82) is 0 Å². The van der Waals surface area contributed by atoms with E-state index in [0.717, 1.165) is 17.4 Å². The third-order valence-electron chi connectivity index (χ3n) is 5.12. The summed E-state index contributed by atoms with van der Waals surface area (Å²) in [6.45, 7) is 1.76. The monoisotopic (exact) mass is 465 g/mol. The van der Waals surface area contributed by atoms with Crippen LogP contribution in [0.3, 0.4) is 0 Å². The highest BCUT2D eigenvalue weighted by Crippen LogP contribution is 2.29. The van der Waals surface area contributed by atoms with Crippen LogP contribution in [0, 0.1) is 6.92 Å². The second-order valence-electron chi connectivity index (χ2n) is 7.85. The zero-order valence-corrected chi connectivity index (χ0v) is 18.9. The molecule has 0 aliphatic carbocycles. The summed E-state index contributed by atoms with van der Waals surface area (Å²) in [7, 11) is -3.45. The molecular weight excluding hydrogens is 442 g/mol. The Morgan fingerprint density at radius 1 is 0.939 bits per heavy atom. The van der Waals surface area contributed by atoms with Crippen molar-refractivity contribution >= 4 is 38.9 Å². The Morgan fingerprint density at radius 2 is 1.70 bits per heavy atom. The van der Waals surface area contributed by atoms with Gasteiger partial charge in [0.1, 0.15) is 5.75 Å². The number of para-hydroxylation sites is 1. The van der Waals surface area contributed by atoms with Gasteiger partial charge in [0.25, 0.3) is 11.8 Å². The lowest BCUT2D eigenvalue weighted by Gasteiger charge is -2.13. The summed E-state index contributed by atoms with van der Waals surface area (Å²) in [5.74, 6) is 0.0113. The van der Waals surface area contributed by atoms with Gasteiger partial charge in [-0.05, 0) is 54.4 Å². The predicted octanol–water partition coefficient (Wildman–Crippen LogP) is 3.56. The van der Waals surface area contributed by atoms with Crippen molar-refractivity contribution in [3.63, 3.8) is 0 Å². The zero-order chi connectivity index (χ0) is 23.6. The third kappa shape index (κ3) is 5.50. The van der Waals surface area contributed by atoms with E-state index < -0.39 is 22.0 Å². The van der Waals surface area contributed by atoms with Crippen LogP contribution in [0.5, 0.6) is 5.75 Å². The van der Waals surface area contributed by atoms with Crippen LogP contribution in [0.1, 0.15) is 21.5 Å². The maximum atomic E-state index is 12.8. The van der Waals surface area contributed by atoms with E-state index in [1.807, 2.05) is 24.3 Å². The minimum atomic E-state index is -3.45. The number of nitrogens with one attached hydrogen (secondary N) is 3. The van der Waals surface area contributed by atoms with Crippen molar-refractivity contribution in [2.24, 2.45) is 0 Å². The van der Waals surface area contributed by atoms with E-state index in [2.05, 4.69) is 15.4 Å². The Hall–Kier alpha value is -3.85. The van der Waals surface area contributed by atoms with Crippen LogP contribution < -0.4 is 20.1 Å². The molecule has 170 valence electrons. The molecule has 1 heterocycles. The van der Waals surface area contributed by atoms with Gasteiger partial charge < -0.3 is 15.4 Å². The number of anilines is 3. The van der Waals surface area contributed by atoms with Crippen molar-refractivity contribution in [3.05, 3.63) is 83.4 Å². The number of hydrogen-bond donors (Lipinski definition) is 3. The molecule has 0 saturated carbocycles. The van der Waals surface area contributed by atoms with Crippen molar-refractivity contribution in [2.45, 2.75) is 19.4 Å². The van der Waals surface area contributed by atoms with Crippen molar-refractivity contribution in [3.8, 4) is 5.75 Å². The molecule has 3 aromatic rings. The first-order valence-electron chi connectivity index (χ1n) is 10.2. The van der Waals surface area contributed by atoms with Gasteiger partial charge in [-0.25, -0.2) is 8.42 Å². The fraction of sp³-hybridized carbons (Fsp3) is 0.167. The zero-order valence-electron chi connectivity index (χ0n) is 18.1. The van der Waals surface area contributed by atoms with E-state index in [-0.39, 0.29) is 5.91 Å². The summed E-state index contributed by atoms with van der Waals surface area (Å²) in [6.07, 6.45) is 0.917. The van der Waals surface area contributed by atoms with Crippen LogP contribution in [0.2, 0.25) is 0 Å². The number of ether oxygens (including phenoxy) is 1. The lowest BCUT2D eigenvalue weighted by Crippen LogP contribution is -2.31. The fourth-order valence-corrected chi connectivity index (χ4v) is 4.12. The molecule has 1 aliphatic heterocycles. The summed E-state index contributed by atoms with van der Waals surface area (Å²) < 4.78 is 31.2. The number of hydrogen-bond acceptors (Lipinski definition) is 5. The number of carbonyl (C=O) groups excluding carboxylic acids is 2. The minimum Gasteiger partial charge on any atom is -0.480 e. The summed E-state index contributed by atoms with van der Waals surface area (Å²) >= 11 is 0. The Kier molecular flexibility index (Phi) is 6.06. The Bertz CT molecular complexity index is 1310. The molecule has 9 heteroatoms. The first-order chi connectivity index (χ1) is 15.7. The van der Waals surface area contributed by atoms with E-state index in [1.165, 1.54) is 0 Å². The molecule has 0 fully saturated rings. The van der Waals surface area contributed by atoms with Gasteiger partial charge >= 0.3 is 0 Å². The largest absolute Gasteiger partial charge is 0.480 e. The van der Waals surface area contributed by atoms with Crippen LogP contribution in [0.15, 0.2) is 66.7 Å². The standard InChI is InChI=1S/C24H23N3O5S/c1-15-10-11-19(14-20(15)27-33(2,30)31)25-23(28)17-7-5-8-18(12-17)26-24(29)22-13-16-6-3-4-9-21(16)32-22/h3-12,14,22,27H,13H2,1-2H3,(H,25,28)(H,26,29). The average Bonchev–Trinajstić information content (AvgIpc) is 3.20. The topological polar surface area (TPSA) is 114 Å². The Balaban J connectivity index is 1.43. The second kappa shape index (κ2) is 8.95. The number of benzene rings is 3. The molecule has 0 radical (unpaired) electrons. The maximum Gasteiger partial charge on any atom is 0.265 e. The molecule has 33 heavy (non-hydrogen) atoms. The molecule has 0 spiro atoms. The number of fused-ring (bicyclic) bond motifs is 1. The van der Waals surface area contributed by atoms with Gasteiger partial charge in [-0.1, -0.05) is 30.3 Å². The second-order valence-corrected chi connectivity index (χ2v) is 9.59. The van der Waals surface area contributed by atoms with Crippen molar-refractivity contribution in [2.75, 3.05) is 21.6 Å². The van der Waals surface area contributed by atoms with E-state index >= 15 is 0 Å². The molecule has 0 bridgehead atoms. The molecule has 1 atom stereocenters. The van der Waals surface area contributed by atoms with Gasteiger partial charge in [-0.2, -0.15) is 0 Å². The molecule has 1 aliphatic rings. The van der Waals surface area contributed by atoms with E-state index in [1.54, 1.807) is 49.4 Å². The number of sulfonamides is 1. The summed E-state index contributed by atoms with van der Waals surface area (Å²) in [5.41, 5.74) is 3.32. The summed E-state index contributed by atoms with van der Waals surface area (Å²) in [6, 6.07) is 19.0. The van der Waals surface area contributed by atoms with Gasteiger partial charge in [0.15, 0.2) is 6.10 Å². The molecular formula is C24H23N3O5S. The highest BCUT2D eigenvalue weighted by Gasteiger charge is 2.28. The van der Waals surface area contributed by atoms with Gasteiger partial charge in [0.2, 0.25) is 10.0 Å². The minimum absolute atomic E-state index is 0.293. The highest BCUT2D eigenvalue weighted by molar-refractivity contribution is 7.92. The van der Waals surface area contributed by atoms with Crippen LogP contribution in [0.4, 0.5) is 17.1 Å². The molecule has 4 rings (SSSR count). The predicted molar refractivity (Wildman–Crippen MR) is 127 cm³/mol. The Morgan fingerprint density at radius 3 is 2.45 bits per heavy atom. The van der Waals surface area contributed by atoms with Crippen molar-refractivity contribution in [1.82, 2.24) is 0 Å². The van der Waals surface area contributed by atoms with Crippen LogP contribution in [-0.2, 0) is 21.2 Å². The number of amides is 2. The first-order valence-corrected chi connectivity index (χ1v) is 12.1. The number of carbonyl (C=O) groups is 2. The highest BCUT2D eigenvalue weighted by atomic mass is 32.2. The van der Waals surface area contributed by atoms with Crippen molar-refractivity contribution < 1.29 is 22.7 Å². The smallest absolute Gasteiger partial charge is 0.265 e. The van der Waals surface area contributed by atoms with Gasteiger partial charge in [0, 0.05) is 23.4 Å². The molecule has 0 saturated heterocycles. The lowest BCUT2D eigenvalue weighted by molar-refractivity contribution is -0.122. The van der Waals surface area contributed by atoms with Gasteiger partial charge in [-0.3, -0.25) is 14.3 Å². The average molecular weight is 466 g/mol. The van der Waals surface area contributed by atoms with Crippen LogP contribution in [0.25, 0.3) is 0 Å². The van der Waals surface area contributed by atoms with Gasteiger partial charge in [0.05, 0.1) is 11.9 Å². The van der Waals surface area contributed by atoms with Crippen LogP contribution >= 0.6 is 0 Å². The van der Waals surface area contributed by atoms with E-state index in [9.17, 15) is 18.0 Å². The third-order valence-corrected chi connectivity index (χ3v) is 5.71. The fourth-order valence-electron chi connectivity index (χ4n) is 3.50. The maximum absolute atomic E-state index is 12.8.